The molecule has 0 bridgehead atoms. The number of carbonyl (C=O) groups is 1. The molecule has 0 saturated carbocycles. The summed E-state index contributed by atoms with van der Waals surface area (Å²) in [5, 5.41) is 5.55. The smallest absolute Gasteiger partial charge is 0.255 e. The fraction of sp³-hybridized carbons (Fsp3) is 0.455. The minimum Gasteiger partial charge on any atom is -0.372 e. The lowest BCUT2D eigenvalue weighted by Crippen LogP contribution is -2.29. The number of pyridine rings is 1. The molecule has 0 aliphatic carbocycles. The number of nitrogens with one attached hydrogen (secondary N) is 3. The number of aromatic nitrogens is 1. The highest BCUT2D eigenvalue weighted by atomic mass is 79.9. The molecule has 0 spiro atoms. The third-order valence-electron chi connectivity index (χ3n) is 2.34. The van der Waals surface area contributed by atoms with E-state index in [4.69, 9.17) is 0 Å². The Kier molecular flexibility index (Phi) is 6.37. The molecule has 20 heavy (non-hydrogen) atoms. The Morgan fingerprint density at radius 2 is 2.10 bits per heavy atom. The molecule has 0 atom stereocenters. The van der Waals surface area contributed by atoms with Gasteiger partial charge in [0.25, 0.3) is 5.91 Å². The molecule has 7 nitrogen and oxygen atoms in total. The highest BCUT2D eigenvalue weighted by Crippen LogP contribution is 2.17. The summed E-state index contributed by atoms with van der Waals surface area (Å²) < 4.78 is 24.8. The highest BCUT2D eigenvalue weighted by molar-refractivity contribution is 9.10. The molecule has 9 heteroatoms. The summed E-state index contributed by atoms with van der Waals surface area (Å²) in [5.74, 6) is 0.225. The van der Waals surface area contributed by atoms with Crippen LogP contribution in [0, 0.1) is 0 Å². The molecule has 3 N–H and O–H groups in total. The maximum atomic E-state index is 12.0. The van der Waals surface area contributed by atoms with Gasteiger partial charge >= 0.3 is 0 Å². The molecule has 1 heterocycles. The second kappa shape index (κ2) is 7.55. The van der Waals surface area contributed by atoms with Crippen molar-refractivity contribution in [3.05, 3.63) is 22.3 Å². The maximum Gasteiger partial charge on any atom is 0.255 e. The first kappa shape index (κ1) is 16.9. The van der Waals surface area contributed by atoms with E-state index in [1.807, 2.05) is 0 Å². The average molecular weight is 365 g/mol. The van der Waals surface area contributed by atoms with Crippen molar-refractivity contribution in [3.63, 3.8) is 0 Å². The predicted molar refractivity (Wildman–Crippen MR) is 81.3 cm³/mol. The van der Waals surface area contributed by atoms with Crippen molar-refractivity contribution in [1.29, 1.82) is 0 Å². The number of halogens is 1. The second-order valence-electron chi connectivity index (χ2n) is 4.08. The fourth-order valence-electron chi connectivity index (χ4n) is 1.45. The van der Waals surface area contributed by atoms with Crippen LogP contribution in [0.25, 0.3) is 0 Å². The van der Waals surface area contributed by atoms with Crippen LogP contribution in [0.15, 0.2) is 16.7 Å². The Morgan fingerprint density at radius 1 is 1.40 bits per heavy atom. The summed E-state index contributed by atoms with van der Waals surface area (Å²) in [5.41, 5.74) is 0.429. The lowest BCUT2D eigenvalue weighted by atomic mass is 10.2. The first-order valence-electron chi connectivity index (χ1n) is 5.89. The van der Waals surface area contributed by atoms with E-state index in [-0.39, 0.29) is 12.5 Å². The van der Waals surface area contributed by atoms with Gasteiger partial charge in [-0.05, 0) is 28.4 Å². The number of sulfonamides is 1. The van der Waals surface area contributed by atoms with Gasteiger partial charge in [-0.15, -0.1) is 0 Å². The second-order valence-corrected chi connectivity index (χ2v) is 6.82. The molecule has 0 radical (unpaired) electrons. The highest BCUT2D eigenvalue weighted by Gasteiger charge is 2.12. The Balaban J connectivity index is 2.49. The fourth-order valence-corrected chi connectivity index (χ4v) is 2.30. The number of nitrogens with zero attached hydrogens (tertiary/aromatic N) is 1. The summed E-state index contributed by atoms with van der Waals surface area (Å²) in [6.45, 7) is 0.658. The van der Waals surface area contributed by atoms with Crippen molar-refractivity contribution in [2.75, 3.05) is 31.7 Å². The van der Waals surface area contributed by atoms with Crippen LogP contribution in [0.5, 0.6) is 0 Å². The Labute approximate surface area is 126 Å². The molecule has 0 unspecified atom stereocenters. The number of anilines is 1. The van der Waals surface area contributed by atoms with Crippen molar-refractivity contribution in [2.45, 2.75) is 6.42 Å². The standard InChI is InChI=1S/C11H17BrN4O3S/c1-13-10-9(6-8(12)7-15-10)11(17)14-4-3-5-16-20(2,18)19/h6-7,16H,3-5H2,1-2H3,(H,13,15)(H,14,17). The molecular formula is C11H17BrN4O3S. The average Bonchev–Trinajstić information content (AvgIpc) is 2.36. The summed E-state index contributed by atoms with van der Waals surface area (Å²) in [6.07, 6.45) is 3.20. The lowest BCUT2D eigenvalue weighted by Gasteiger charge is -2.09. The van der Waals surface area contributed by atoms with E-state index in [2.05, 4.69) is 36.3 Å². The van der Waals surface area contributed by atoms with Gasteiger partial charge in [0.1, 0.15) is 5.82 Å². The number of amides is 1. The zero-order valence-corrected chi connectivity index (χ0v) is 13.6. The van der Waals surface area contributed by atoms with Crippen molar-refractivity contribution in [1.82, 2.24) is 15.0 Å². The molecule has 0 aliphatic heterocycles. The summed E-state index contributed by atoms with van der Waals surface area (Å²) in [7, 11) is -1.50. The van der Waals surface area contributed by atoms with E-state index in [0.717, 1.165) is 6.26 Å². The van der Waals surface area contributed by atoms with Crippen molar-refractivity contribution in [2.24, 2.45) is 0 Å². The van der Waals surface area contributed by atoms with Crippen LogP contribution in [0.2, 0.25) is 0 Å². The van der Waals surface area contributed by atoms with E-state index < -0.39 is 10.0 Å². The topological polar surface area (TPSA) is 100 Å². The third-order valence-corrected chi connectivity index (χ3v) is 3.50. The van der Waals surface area contributed by atoms with Crippen LogP contribution in [-0.4, -0.2) is 45.7 Å². The van der Waals surface area contributed by atoms with Crippen LogP contribution >= 0.6 is 15.9 Å². The summed E-state index contributed by atoms with van der Waals surface area (Å²) >= 11 is 3.26. The molecule has 1 aromatic heterocycles. The molecule has 1 rings (SSSR count). The molecular weight excluding hydrogens is 348 g/mol. The van der Waals surface area contributed by atoms with Gasteiger partial charge in [0.05, 0.1) is 11.8 Å². The third kappa shape index (κ3) is 5.85. The Bertz CT molecular complexity index is 577. The number of hydrogen-bond acceptors (Lipinski definition) is 5. The molecule has 1 aromatic rings. The molecule has 112 valence electrons. The van der Waals surface area contributed by atoms with Gasteiger partial charge in [0.15, 0.2) is 0 Å². The number of hydrogen-bond donors (Lipinski definition) is 3. The minimum absolute atomic E-state index is 0.262. The molecule has 0 aromatic carbocycles. The monoisotopic (exact) mass is 364 g/mol. The molecule has 1 amide bonds. The summed E-state index contributed by atoms with van der Waals surface area (Å²) in [6, 6.07) is 1.67. The maximum absolute atomic E-state index is 12.0. The van der Waals surface area contributed by atoms with Crippen molar-refractivity contribution >= 4 is 37.7 Å². The van der Waals surface area contributed by atoms with E-state index in [1.165, 1.54) is 0 Å². The minimum atomic E-state index is -3.18. The van der Waals surface area contributed by atoms with Crippen LogP contribution < -0.4 is 15.4 Å². The normalized spacial score (nSPS) is 11.2. The molecule has 0 aliphatic rings. The van der Waals surface area contributed by atoms with Gasteiger partial charge in [-0.1, -0.05) is 0 Å². The van der Waals surface area contributed by atoms with Crippen molar-refractivity contribution in [3.8, 4) is 0 Å². The van der Waals surface area contributed by atoms with E-state index in [0.29, 0.717) is 28.8 Å². The zero-order valence-electron chi connectivity index (χ0n) is 11.2. The molecule has 0 saturated heterocycles. The first-order chi connectivity index (χ1) is 9.33. The van der Waals surface area contributed by atoms with Crippen LogP contribution in [-0.2, 0) is 10.0 Å². The lowest BCUT2D eigenvalue weighted by molar-refractivity contribution is 0.0954. The van der Waals surface area contributed by atoms with E-state index in [1.54, 1.807) is 19.3 Å². The van der Waals surface area contributed by atoms with Crippen LogP contribution in [0.1, 0.15) is 16.8 Å². The zero-order chi connectivity index (χ0) is 15.2. The number of rotatable bonds is 7. The van der Waals surface area contributed by atoms with Gasteiger partial charge < -0.3 is 10.6 Å². The van der Waals surface area contributed by atoms with Gasteiger partial charge in [-0.25, -0.2) is 18.1 Å². The van der Waals surface area contributed by atoms with Crippen molar-refractivity contribution < 1.29 is 13.2 Å². The Hall–Kier alpha value is -1.19. The van der Waals surface area contributed by atoms with Gasteiger partial charge in [-0.2, -0.15) is 0 Å². The predicted octanol–water partition coefficient (Wildman–Crippen LogP) is 0.555. The van der Waals surface area contributed by atoms with E-state index >= 15 is 0 Å². The van der Waals surface area contributed by atoms with Gasteiger partial charge in [0, 0.05) is 30.8 Å². The van der Waals surface area contributed by atoms with Crippen LogP contribution in [0.4, 0.5) is 5.82 Å². The summed E-state index contributed by atoms with van der Waals surface area (Å²) in [4.78, 5) is 16.1. The largest absolute Gasteiger partial charge is 0.372 e. The quantitative estimate of drug-likeness (QED) is 0.613. The van der Waals surface area contributed by atoms with Crippen LogP contribution in [0.3, 0.4) is 0 Å². The Morgan fingerprint density at radius 3 is 2.70 bits per heavy atom. The molecule has 0 fully saturated rings. The van der Waals surface area contributed by atoms with Gasteiger partial charge in [-0.3, -0.25) is 4.79 Å². The first-order valence-corrected chi connectivity index (χ1v) is 8.58. The van der Waals surface area contributed by atoms with E-state index in [9.17, 15) is 13.2 Å². The number of carbonyl (C=O) groups excluding carboxylic acids is 1. The SMILES string of the molecule is CNc1ncc(Br)cc1C(=O)NCCCNS(C)(=O)=O. The van der Waals surface area contributed by atoms with Gasteiger partial charge in [0.2, 0.25) is 10.0 Å².